The van der Waals surface area contributed by atoms with E-state index in [4.69, 9.17) is 8.83 Å². The summed E-state index contributed by atoms with van der Waals surface area (Å²) in [5, 5.41) is 9.86. The minimum atomic E-state index is -3.38. The monoisotopic (exact) mass is 365 g/mol. The number of hydrogen-bond acceptors (Lipinski definition) is 7. The molecule has 0 saturated carbocycles. The summed E-state index contributed by atoms with van der Waals surface area (Å²) in [6.45, 7) is 0.896. The Balaban J connectivity index is 1.45. The van der Waals surface area contributed by atoms with Gasteiger partial charge in [0.1, 0.15) is 4.21 Å². The topological polar surface area (TPSA) is 89.4 Å². The zero-order chi connectivity index (χ0) is 16.6. The molecule has 0 N–H and O–H groups in total. The molecule has 0 radical (unpaired) electrons. The first-order valence-electron chi connectivity index (χ1n) is 7.55. The van der Waals surface area contributed by atoms with Gasteiger partial charge < -0.3 is 8.83 Å². The maximum absolute atomic E-state index is 12.5. The summed E-state index contributed by atoms with van der Waals surface area (Å²) in [5.41, 5.74) is 0. The lowest BCUT2D eigenvalue weighted by Crippen LogP contribution is -2.37. The summed E-state index contributed by atoms with van der Waals surface area (Å²) in [6, 6.07) is 6.90. The van der Waals surface area contributed by atoms with Crippen molar-refractivity contribution in [1.29, 1.82) is 0 Å². The summed E-state index contributed by atoms with van der Waals surface area (Å²) in [6.07, 6.45) is 2.86. The van der Waals surface area contributed by atoms with Crippen molar-refractivity contribution in [2.24, 2.45) is 0 Å². The minimum Gasteiger partial charge on any atom is -0.459 e. The number of hydrogen-bond donors (Lipinski definition) is 0. The number of rotatable bonds is 4. The number of thiophene rings is 1. The van der Waals surface area contributed by atoms with Crippen LogP contribution in [0.2, 0.25) is 0 Å². The summed E-state index contributed by atoms with van der Waals surface area (Å²) in [5.74, 6) is 1.49. The maximum Gasteiger partial charge on any atom is 0.283 e. The van der Waals surface area contributed by atoms with Crippen LogP contribution >= 0.6 is 11.3 Å². The molecule has 1 aliphatic heterocycles. The van der Waals surface area contributed by atoms with Gasteiger partial charge in [-0.05, 0) is 36.4 Å². The molecule has 24 heavy (non-hydrogen) atoms. The molecule has 0 bridgehead atoms. The quantitative estimate of drug-likeness (QED) is 0.706. The van der Waals surface area contributed by atoms with Crippen molar-refractivity contribution >= 4 is 21.4 Å². The lowest BCUT2D eigenvalue weighted by atomic mass is 9.98. The molecule has 0 unspecified atom stereocenters. The summed E-state index contributed by atoms with van der Waals surface area (Å²) in [7, 11) is -3.38. The first-order chi connectivity index (χ1) is 11.6. The predicted molar refractivity (Wildman–Crippen MR) is 87.1 cm³/mol. The van der Waals surface area contributed by atoms with Gasteiger partial charge in [0, 0.05) is 19.0 Å². The van der Waals surface area contributed by atoms with E-state index in [1.807, 2.05) is 0 Å². The van der Waals surface area contributed by atoms with Crippen LogP contribution in [0, 0.1) is 0 Å². The van der Waals surface area contributed by atoms with Gasteiger partial charge in [-0.25, -0.2) is 8.42 Å². The zero-order valence-electron chi connectivity index (χ0n) is 12.7. The fourth-order valence-corrected chi connectivity index (χ4v) is 5.39. The van der Waals surface area contributed by atoms with Crippen LogP contribution in [0.4, 0.5) is 0 Å². The summed E-state index contributed by atoms with van der Waals surface area (Å²) >= 11 is 1.24. The molecule has 1 aliphatic rings. The average molecular weight is 365 g/mol. The Kier molecular flexibility index (Phi) is 3.99. The van der Waals surface area contributed by atoms with E-state index < -0.39 is 10.0 Å². The van der Waals surface area contributed by atoms with Crippen molar-refractivity contribution in [3.8, 4) is 11.7 Å². The van der Waals surface area contributed by atoms with E-state index in [2.05, 4.69) is 10.2 Å². The molecule has 0 aliphatic carbocycles. The van der Waals surface area contributed by atoms with Gasteiger partial charge in [-0.15, -0.1) is 21.5 Å². The molecule has 3 aromatic rings. The zero-order valence-corrected chi connectivity index (χ0v) is 14.3. The van der Waals surface area contributed by atoms with Crippen molar-refractivity contribution in [1.82, 2.24) is 14.5 Å². The van der Waals surface area contributed by atoms with Gasteiger partial charge in [0.05, 0.1) is 6.26 Å². The molecule has 4 heterocycles. The molecule has 1 fully saturated rings. The second-order valence-corrected chi connectivity index (χ2v) is 8.65. The molecule has 126 valence electrons. The van der Waals surface area contributed by atoms with E-state index in [9.17, 15) is 8.42 Å². The molecule has 9 heteroatoms. The van der Waals surface area contributed by atoms with Crippen molar-refractivity contribution in [3.63, 3.8) is 0 Å². The Morgan fingerprint density at radius 1 is 1.17 bits per heavy atom. The van der Waals surface area contributed by atoms with E-state index in [0.29, 0.717) is 47.7 Å². The van der Waals surface area contributed by atoms with Crippen LogP contribution in [0.25, 0.3) is 11.7 Å². The molecule has 0 spiro atoms. The Morgan fingerprint density at radius 2 is 2.00 bits per heavy atom. The smallest absolute Gasteiger partial charge is 0.283 e. The number of nitrogens with zero attached hydrogens (tertiary/aromatic N) is 3. The standard InChI is InChI=1S/C15H15N3O4S2/c19-24(20,13-4-2-10-23-13)18-7-5-11(6-8-18)14-16-17-15(22-14)12-3-1-9-21-12/h1-4,9-11H,5-8H2. The molecular weight excluding hydrogens is 350 g/mol. The summed E-state index contributed by atoms with van der Waals surface area (Å²) < 4.78 is 37.9. The van der Waals surface area contributed by atoms with E-state index in [-0.39, 0.29) is 5.92 Å². The van der Waals surface area contributed by atoms with Crippen LogP contribution in [0.5, 0.6) is 0 Å². The third kappa shape index (κ3) is 2.79. The number of sulfonamides is 1. The highest BCUT2D eigenvalue weighted by atomic mass is 32.2. The van der Waals surface area contributed by atoms with Crippen LogP contribution in [0.3, 0.4) is 0 Å². The lowest BCUT2D eigenvalue weighted by Gasteiger charge is -2.29. The van der Waals surface area contributed by atoms with E-state index >= 15 is 0 Å². The van der Waals surface area contributed by atoms with E-state index in [1.165, 1.54) is 15.6 Å². The largest absolute Gasteiger partial charge is 0.459 e. The van der Waals surface area contributed by atoms with Gasteiger partial charge >= 0.3 is 0 Å². The predicted octanol–water partition coefficient (Wildman–Crippen LogP) is 2.96. The van der Waals surface area contributed by atoms with Crippen LogP contribution < -0.4 is 0 Å². The normalized spacial score (nSPS) is 17.3. The van der Waals surface area contributed by atoms with Crippen LogP contribution in [-0.4, -0.2) is 36.0 Å². The average Bonchev–Trinajstić information content (AvgIpc) is 3.36. The van der Waals surface area contributed by atoms with Crippen molar-refractivity contribution in [3.05, 3.63) is 41.8 Å². The van der Waals surface area contributed by atoms with Crippen LogP contribution in [-0.2, 0) is 10.0 Å². The first kappa shape index (κ1) is 15.6. The fourth-order valence-electron chi connectivity index (χ4n) is 2.78. The highest BCUT2D eigenvalue weighted by Gasteiger charge is 2.32. The Bertz CT molecular complexity index is 893. The van der Waals surface area contributed by atoms with Gasteiger partial charge in [0.25, 0.3) is 15.9 Å². The second kappa shape index (κ2) is 6.15. The number of aromatic nitrogens is 2. The SMILES string of the molecule is O=S(=O)(c1cccs1)N1CCC(c2nnc(-c3ccco3)o2)CC1. The number of furan rings is 1. The van der Waals surface area contributed by atoms with E-state index in [1.54, 1.807) is 35.9 Å². The lowest BCUT2D eigenvalue weighted by molar-refractivity contribution is 0.291. The van der Waals surface area contributed by atoms with Gasteiger partial charge in [0.15, 0.2) is 5.76 Å². The molecule has 7 nitrogen and oxygen atoms in total. The van der Waals surface area contributed by atoms with E-state index in [0.717, 1.165) is 0 Å². The Morgan fingerprint density at radius 3 is 2.67 bits per heavy atom. The molecule has 0 aromatic carbocycles. The third-order valence-electron chi connectivity index (χ3n) is 4.06. The Labute approximate surface area is 143 Å². The van der Waals surface area contributed by atoms with Crippen LogP contribution in [0.15, 0.2) is 49.0 Å². The summed E-state index contributed by atoms with van der Waals surface area (Å²) in [4.78, 5) is 0. The van der Waals surface area contributed by atoms with Crippen molar-refractivity contribution in [2.45, 2.75) is 23.0 Å². The van der Waals surface area contributed by atoms with Crippen molar-refractivity contribution in [2.75, 3.05) is 13.1 Å². The molecule has 3 aromatic heterocycles. The number of piperidine rings is 1. The van der Waals surface area contributed by atoms with Gasteiger partial charge in [-0.2, -0.15) is 4.31 Å². The minimum absolute atomic E-state index is 0.0657. The molecule has 0 amide bonds. The first-order valence-corrected chi connectivity index (χ1v) is 9.87. The Hall–Kier alpha value is -1.97. The van der Waals surface area contributed by atoms with Gasteiger partial charge in [-0.3, -0.25) is 0 Å². The van der Waals surface area contributed by atoms with Crippen LogP contribution in [0.1, 0.15) is 24.7 Å². The molecule has 1 saturated heterocycles. The molecule has 0 atom stereocenters. The fraction of sp³-hybridized carbons (Fsp3) is 0.333. The van der Waals surface area contributed by atoms with Gasteiger partial charge in [0.2, 0.25) is 5.89 Å². The molecular formula is C15H15N3O4S2. The van der Waals surface area contributed by atoms with Crippen molar-refractivity contribution < 1.29 is 17.3 Å². The molecule has 4 rings (SSSR count). The maximum atomic E-state index is 12.5. The third-order valence-corrected chi connectivity index (χ3v) is 7.34. The van der Waals surface area contributed by atoms with Gasteiger partial charge in [-0.1, -0.05) is 6.07 Å². The second-order valence-electron chi connectivity index (χ2n) is 5.53. The highest BCUT2D eigenvalue weighted by molar-refractivity contribution is 7.91. The highest BCUT2D eigenvalue weighted by Crippen LogP contribution is 2.32.